The molecule has 0 amide bonds. The molecule has 0 bridgehead atoms. The molecule has 1 saturated heterocycles. The predicted molar refractivity (Wildman–Crippen MR) is 66.1 cm³/mol. The highest BCUT2D eigenvalue weighted by molar-refractivity contribution is 5.45. The third kappa shape index (κ3) is 1.84. The molecule has 1 N–H and O–H groups in total. The Morgan fingerprint density at radius 1 is 1.50 bits per heavy atom. The highest BCUT2D eigenvalue weighted by Crippen LogP contribution is 2.34. The van der Waals surface area contributed by atoms with Crippen molar-refractivity contribution in [1.82, 2.24) is 15.5 Å². The maximum atomic E-state index is 5.46. The largest absolute Gasteiger partial charge is 0.461 e. The molecule has 2 aromatic heterocycles. The Balaban J connectivity index is 1.92. The SMILES string of the molecule is CCC1(c2nc(-c3ccco3)no2)CCCNC1. The number of piperidine rings is 1. The third-order valence-corrected chi connectivity index (χ3v) is 3.77. The third-order valence-electron chi connectivity index (χ3n) is 3.77. The van der Waals surface area contributed by atoms with Crippen molar-refractivity contribution in [3.8, 4) is 11.6 Å². The van der Waals surface area contributed by atoms with Crippen molar-refractivity contribution in [2.75, 3.05) is 13.1 Å². The average molecular weight is 247 g/mol. The standard InChI is InChI=1S/C13H17N3O2/c1-2-13(6-4-7-14-9-13)12-15-11(16-18-12)10-5-3-8-17-10/h3,5,8,14H,2,4,6-7,9H2,1H3. The molecule has 1 atom stereocenters. The minimum atomic E-state index is -0.0178. The molecule has 3 heterocycles. The van der Waals surface area contributed by atoms with Gasteiger partial charge in [0.2, 0.25) is 11.7 Å². The lowest BCUT2D eigenvalue weighted by Crippen LogP contribution is -2.43. The van der Waals surface area contributed by atoms with E-state index in [1.165, 1.54) is 0 Å². The van der Waals surface area contributed by atoms with Crippen molar-refractivity contribution in [2.24, 2.45) is 0 Å². The van der Waals surface area contributed by atoms with Gasteiger partial charge in [0.1, 0.15) is 0 Å². The van der Waals surface area contributed by atoms with Gasteiger partial charge < -0.3 is 14.3 Å². The fourth-order valence-corrected chi connectivity index (χ4v) is 2.55. The van der Waals surface area contributed by atoms with Gasteiger partial charge in [-0.3, -0.25) is 0 Å². The lowest BCUT2D eigenvalue weighted by molar-refractivity contribution is 0.221. The van der Waals surface area contributed by atoms with Crippen LogP contribution in [0.4, 0.5) is 0 Å². The Morgan fingerprint density at radius 3 is 3.11 bits per heavy atom. The van der Waals surface area contributed by atoms with Crippen LogP contribution in [0.2, 0.25) is 0 Å². The molecule has 96 valence electrons. The number of hydrogen-bond acceptors (Lipinski definition) is 5. The van der Waals surface area contributed by atoms with Crippen LogP contribution in [-0.4, -0.2) is 23.2 Å². The molecule has 5 nitrogen and oxygen atoms in total. The summed E-state index contributed by atoms with van der Waals surface area (Å²) < 4.78 is 10.7. The van der Waals surface area contributed by atoms with E-state index in [4.69, 9.17) is 8.94 Å². The van der Waals surface area contributed by atoms with Gasteiger partial charge in [-0.05, 0) is 37.9 Å². The molecule has 1 unspecified atom stereocenters. The van der Waals surface area contributed by atoms with Crippen LogP contribution < -0.4 is 5.32 Å². The monoisotopic (exact) mass is 247 g/mol. The maximum Gasteiger partial charge on any atom is 0.238 e. The molecule has 3 rings (SSSR count). The molecule has 1 fully saturated rings. The Bertz CT molecular complexity index is 498. The van der Waals surface area contributed by atoms with Crippen molar-refractivity contribution in [3.05, 3.63) is 24.3 Å². The van der Waals surface area contributed by atoms with Crippen LogP contribution in [-0.2, 0) is 5.41 Å². The fraction of sp³-hybridized carbons (Fsp3) is 0.538. The molecule has 0 saturated carbocycles. The zero-order chi connectivity index (χ0) is 12.4. The highest BCUT2D eigenvalue weighted by Gasteiger charge is 2.37. The summed E-state index contributed by atoms with van der Waals surface area (Å²) in [6.45, 7) is 4.15. The van der Waals surface area contributed by atoms with Crippen LogP contribution in [0.25, 0.3) is 11.6 Å². The second-order valence-corrected chi connectivity index (χ2v) is 4.81. The fourth-order valence-electron chi connectivity index (χ4n) is 2.55. The first-order valence-corrected chi connectivity index (χ1v) is 6.43. The van der Waals surface area contributed by atoms with Crippen molar-refractivity contribution in [3.63, 3.8) is 0 Å². The lowest BCUT2D eigenvalue weighted by Gasteiger charge is -2.33. The average Bonchev–Trinajstić information content (AvgIpc) is 3.10. The van der Waals surface area contributed by atoms with E-state index in [1.807, 2.05) is 12.1 Å². The van der Waals surface area contributed by atoms with Gasteiger partial charge in [0.05, 0.1) is 11.7 Å². The number of furan rings is 1. The molecule has 1 aliphatic heterocycles. The lowest BCUT2D eigenvalue weighted by atomic mass is 9.78. The minimum absolute atomic E-state index is 0.0178. The summed E-state index contributed by atoms with van der Waals surface area (Å²) in [5, 5.41) is 7.44. The summed E-state index contributed by atoms with van der Waals surface area (Å²) in [7, 11) is 0. The zero-order valence-electron chi connectivity index (χ0n) is 10.5. The van der Waals surface area contributed by atoms with Gasteiger partial charge in [-0.25, -0.2) is 0 Å². The summed E-state index contributed by atoms with van der Waals surface area (Å²) in [4.78, 5) is 4.51. The van der Waals surface area contributed by atoms with E-state index >= 15 is 0 Å². The van der Waals surface area contributed by atoms with Crippen LogP contribution in [0.3, 0.4) is 0 Å². The first-order chi connectivity index (χ1) is 8.84. The van der Waals surface area contributed by atoms with Gasteiger partial charge in [-0.2, -0.15) is 4.98 Å². The van der Waals surface area contributed by atoms with Gasteiger partial charge in [-0.1, -0.05) is 12.1 Å². The normalized spacial score (nSPS) is 24.3. The van der Waals surface area contributed by atoms with Crippen LogP contribution >= 0.6 is 0 Å². The first kappa shape index (κ1) is 11.5. The predicted octanol–water partition coefficient (Wildman–Crippen LogP) is 2.36. The van der Waals surface area contributed by atoms with Crippen molar-refractivity contribution < 1.29 is 8.94 Å². The van der Waals surface area contributed by atoms with Gasteiger partial charge >= 0.3 is 0 Å². The van der Waals surface area contributed by atoms with E-state index in [1.54, 1.807) is 6.26 Å². The summed E-state index contributed by atoms with van der Waals surface area (Å²) in [5.41, 5.74) is -0.0178. The van der Waals surface area contributed by atoms with Gasteiger partial charge in [0, 0.05) is 6.54 Å². The molecule has 0 aliphatic carbocycles. The molecule has 0 radical (unpaired) electrons. The van der Waals surface area contributed by atoms with E-state index in [0.717, 1.165) is 38.2 Å². The van der Waals surface area contributed by atoms with Crippen molar-refractivity contribution >= 4 is 0 Å². The molecule has 2 aromatic rings. The van der Waals surface area contributed by atoms with Gasteiger partial charge in [0.15, 0.2) is 5.76 Å². The second-order valence-electron chi connectivity index (χ2n) is 4.81. The Morgan fingerprint density at radius 2 is 2.44 bits per heavy atom. The molecular weight excluding hydrogens is 230 g/mol. The van der Waals surface area contributed by atoms with Crippen LogP contribution in [0.5, 0.6) is 0 Å². The molecular formula is C13H17N3O2. The number of aromatic nitrogens is 2. The first-order valence-electron chi connectivity index (χ1n) is 6.43. The maximum absolute atomic E-state index is 5.46. The van der Waals surface area contributed by atoms with E-state index in [9.17, 15) is 0 Å². The molecule has 18 heavy (non-hydrogen) atoms. The smallest absolute Gasteiger partial charge is 0.238 e. The Labute approximate surface area is 106 Å². The quantitative estimate of drug-likeness (QED) is 0.902. The topological polar surface area (TPSA) is 64.1 Å². The highest BCUT2D eigenvalue weighted by atomic mass is 16.5. The number of nitrogens with zero attached hydrogens (tertiary/aromatic N) is 2. The molecule has 5 heteroatoms. The molecule has 1 aliphatic rings. The summed E-state index contributed by atoms with van der Waals surface area (Å²) in [6, 6.07) is 3.66. The summed E-state index contributed by atoms with van der Waals surface area (Å²) >= 11 is 0. The summed E-state index contributed by atoms with van der Waals surface area (Å²) in [6.07, 6.45) is 4.85. The zero-order valence-corrected chi connectivity index (χ0v) is 10.5. The van der Waals surface area contributed by atoms with E-state index < -0.39 is 0 Å². The second kappa shape index (κ2) is 4.57. The van der Waals surface area contributed by atoms with Gasteiger partial charge in [-0.15, -0.1) is 0 Å². The number of nitrogens with one attached hydrogen (secondary N) is 1. The van der Waals surface area contributed by atoms with Crippen molar-refractivity contribution in [1.29, 1.82) is 0 Å². The van der Waals surface area contributed by atoms with E-state index in [2.05, 4.69) is 22.4 Å². The van der Waals surface area contributed by atoms with Gasteiger partial charge in [0.25, 0.3) is 0 Å². The Kier molecular flexibility index (Phi) is 2.91. The van der Waals surface area contributed by atoms with Crippen molar-refractivity contribution in [2.45, 2.75) is 31.6 Å². The van der Waals surface area contributed by atoms with Crippen LogP contribution in [0.1, 0.15) is 32.1 Å². The Hall–Kier alpha value is -1.62. The number of rotatable bonds is 3. The van der Waals surface area contributed by atoms with Crippen LogP contribution in [0.15, 0.2) is 27.3 Å². The van der Waals surface area contributed by atoms with E-state index in [-0.39, 0.29) is 5.41 Å². The number of hydrogen-bond donors (Lipinski definition) is 1. The molecule has 0 aromatic carbocycles. The van der Waals surface area contributed by atoms with E-state index in [0.29, 0.717) is 11.6 Å². The summed E-state index contributed by atoms with van der Waals surface area (Å²) in [5.74, 6) is 1.91. The van der Waals surface area contributed by atoms with Crippen LogP contribution in [0, 0.1) is 0 Å². The minimum Gasteiger partial charge on any atom is -0.461 e. The molecule has 0 spiro atoms.